The molecule has 106 valence electrons. The first-order valence-corrected chi connectivity index (χ1v) is 6.44. The summed E-state index contributed by atoms with van der Waals surface area (Å²) in [6.45, 7) is 2.10. The van der Waals surface area contributed by atoms with E-state index in [1.54, 1.807) is 18.5 Å². The van der Waals surface area contributed by atoms with E-state index in [1.807, 2.05) is 13.0 Å². The van der Waals surface area contributed by atoms with E-state index in [9.17, 15) is 4.79 Å². The van der Waals surface area contributed by atoms with Gasteiger partial charge in [0.15, 0.2) is 0 Å². The van der Waals surface area contributed by atoms with Gasteiger partial charge >= 0.3 is 0 Å². The molecule has 0 unspecified atom stereocenters. The van der Waals surface area contributed by atoms with E-state index in [0.717, 1.165) is 11.1 Å². The Hall–Kier alpha value is -2.71. The minimum atomic E-state index is -0.258. The van der Waals surface area contributed by atoms with Gasteiger partial charge in [-0.15, -0.1) is 0 Å². The van der Waals surface area contributed by atoms with Crippen LogP contribution in [0.1, 0.15) is 27.0 Å². The largest absolute Gasteiger partial charge is 0.384 e. The summed E-state index contributed by atoms with van der Waals surface area (Å²) in [5, 5.41) is 11.6. The molecule has 2 N–H and O–H groups in total. The molecule has 21 heavy (non-hydrogen) atoms. The molecule has 0 radical (unpaired) electrons. The number of carbonyl (C=O) groups is 1. The van der Waals surface area contributed by atoms with E-state index in [-0.39, 0.29) is 12.5 Å². The number of nitrogens with one attached hydrogen (secondary N) is 1. The average Bonchev–Trinajstić information content (AvgIpc) is 2.52. The maximum absolute atomic E-state index is 12.2. The minimum Gasteiger partial charge on any atom is -0.384 e. The van der Waals surface area contributed by atoms with Gasteiger partial charge in [-0.05, 0) is 30.2 Å². The molecule has 0 aliphatic rings. The first kappa shape index (κ1) is 14.7. The van der Waals surface area contributed by atoms with Crippen LogP contribution in [-0.2, 0) is 6.54 Å². The summed E-state index contributed by atoms with van der Waals surface area (Å²) < 4.78 is 0. The Bertz CT molecular complexity index is 702. The highest BCUT2D eigenvalue weighted by molar-refractivity contribution is 5.96. The van der Waals surface area contributed by atoms with Crippen LogP contribution in [0.2, 0.25) is 0 Å². The SMILES string of the molecule is Cc1cnccc1CNC(=O)c1ccncc1C#CCO. The summed E-state index contributed by atoms with van der Waals surface area (Å²) in [5.41, 5.74) is 2.97. The maximum atomic E-state index is 12.2. The molecule has 2 aromatic rings. The van der Waals surface area contributed by atoms with Crippen molar-refractivity contribution in [1.82, 2.24) is 15.3 Å². The minimum absolute atomic E-state index is 0.226. The van der Waals surface area contributed by atoms with Crippen LogP contribution < -0.4 is 5.32 Å². The van der Waals surface area contributed by atoms with Gasteiger partial charge in [0.2, 0.25) is 0 Å². The summed E-state index contributed by atoms with van der Waals surface area (Å²) in [6.07, 6.45) is 6.50. The van der Waals surface area contributed by atoms with Crippen LogP contribution in [0, 0.1) is 18.8 Å². The molecular formula is C16H15N3O2. The van der Waals surface area contributed by atoms with Crippen molar-refractivity contribution in [2.45, 2.75) is 13.5 Å². The molecule has 0 spiro atoms. The summed E-state index contributed by atoms with van der Waals surface area (Å²) in [6, 6.07) is 3.48. The Morgan fingerprint density at radius 3 is 2.81 bits per heavy atom. The van der Waals surface area contributed by atoms with Gasteiger partial charge < -0.3 is 10.4 Å². The van der Waals surface area contributed by atoms with Gasteiger partial charge in [0.25, 0.3) is 5.91 Å². The van der Waals surface area contributed by atoms with E-state index in [2.05, 4.69) is 27.1 Å². The van der Waals surface area contributed by atoms with Crippen molar-refractivity contribution in [3.63, 3.8) is 0 Å². The van der Waals surface area contributed by atoms with Gasteiger partial charge in [0.05, 0.1) is 11.1 Å². The third-order valence-electron chi connectivity index (χ3n) is 2.94. The number of aryl methyl sites for hydroxylation is 1. The molecule has 2 rings (SSSR count). The van der Waals surface area contributed by atoms with Gasteiger partial charge in [-0.25, -0.2) is 0 Å². The van der Waals surface area contributed by atoms with Crippen LogP contribution in [0.25, 0.3) is 0 Å². The Morgan fingerprint density at radius 2 is 2.05 bits per heavy atom. The molecule has 0 aliphatic carbocycles. The van der Waals surface area contributed by atoms with Gasteiger partial charge in [-0.1, -0.05) is 11.8 Å². The van der Waals surface area contributed by atoms with Crippen molar-refractivity contribution in [2.24, 2.45) is 0 Å². The van der Waals surface area contributed by atoms with Gasteiger partial charge in [0, 0.05) is 31.3 Å². The van der Waals surface area contributed by atoms with E-state index in [4.69, 9.17) is 5.11 Å². The van der Waals surface area contributed by atoms with Crippen molar-refractivity contribution in [3.05, 3.63) is 59.2 Å². The lowest BCUT2D eigenvalue weighted by molar-refractivity contribution is 0.0950. The molecule has 5 heteroatoms. The molecule has 0 aromatic carbocycles. The number of carbonyl (C=O) groups excluding carboxylic acids is 1. The monoisotopic (exact) mass is 281 g/mol. The number of hydrogen-bond donors (Lipinski definition) is 2. The predicted octanol–water partition coefficient (Wildman–Crippen LogP) is 1.06. The molecule has 0 bridgehead atoms. The first-order valence-electron chi connectivity index (χ1n) is 6.44. The zero-order valence-corrected chi connectivity index (χ0v) is 11.6. The van der Waals surface area contributed by atoms with E-state index >= 15 is 0 Å². The quantitative estimate of drug-likeness (QED) is 0.825. The second kappa shape index (κ2) is 7.17. The highest BCUT2D eigenvalue weighted by Crippen LogP contribution is 2.08. The molecule has 0 saturated carbocycles. The lowest BCUT2D eigenvalue weighted by atomic mass is 10.1. The number of pyridine rings is 2. The summed E-state index contributed by atoms with van der Waals surface area (Å²) in [5.74, 6) is 5.01. The molecule has 2 aromatic heterocycles. The fourth-order valence-corrected chi connectivity index (χ4v) is 1.80. The number of aliphatic hydroxyl groups is 1. The molecule has 0 aliphatic heterocycles. The predicted molar refractivity (Wildman–Crippen MR) is 78.3 cm³/mol. The van der Waals surface area contributed by atoms with E-state index < -0.39 is 0 Å². The summed E-state index contributed by atoms with van der Waals surface area (Å²) in [4.78, 5) is 20.2. The Kier molecular flexibility index (Phi) is 5.02. The van der Waals surface area contributed by atoms with Crippen molar-refractivity contribution in [3.8, 4) is 11.8 Å². The number of aromatic nitrogens is 2. The number of hydrogen-bond acceptors (Lipinski definition) is 4. The standard InChI is InChI=1S/C16H15N3O2/c1-12-9-17-6-4-13(12)11-19-16(21)15-5-7-18-10-14(15)3-2-8-20/h4-7,9-10,20H,8,11H2,1H3,(H,19,21). The number of amides is 1. The molecule has 0 fully saturated rings. The highest BCUT2D eigenvalue weighted by Gasteiger charge is 2.10. The van der Waals surface area contributed by atoms with Crippen LogP contribution >= 0.6 is 0 Å². The molecule has 0 saturated heterocycles. The molecular weight excluding hydrogens is 266 g/mol. The van der Waals surface area contributed by atoms with E-state index in [0.29, 0.717) is 17.7 Å². The van der Waals surface area contributed by atoms with Crippen LogP contribution in [0.4, 0.5) is 0 Å². The second-order valence-corrected chi connectivity index (χ2v) is 4.37. The molecule has 0 atom stereocenters. The molecule has 5 nitrogen and oxygen atoms in total. The molecule has 1 amide bonds. The van der Waals surface area contributed by atoms with Gasteiger partial charge in [-0.3, -0.25) is 14.8 Å². The van der Waals surface area contributed by atoms with Crippen molar-refractivity contribution >= 4 is 5.91 Å². The average molecular weight is 281 g/mol. The van der Waals surface area contributed by atoms with Crippen LogP contribution in [0.15, 0.2) is 36.9 Å². The van der Waals surface area contributed by atoms with Crippen molar-refractivity contribution in [1.29, 1.82) is 0 Å². The number of rotatable bonds is 3. The third kappa shape index (κ3) is 3.88. The van der Waals surface area contributed by atoms with Gasteiger partial charge in [0.1, 0.15) is 6.61 Å². The second-order valence-electron chi connectivity index (χ2n) is 4.37. The lowest BCUT2D eigenvalue weighted by Crippen LogP contribution is -2.24. The lowest BCUT2D eigenvalue weighted by Gasteiger charge is -2.08. The van der Waals surface area contributed by atoms with Gasteiger partial charge in [-0.2, -0.15) is 0 Å². The normalized spacial score (nSPS) is 9.62. The van der Waals surface area contributed by atoms with Crippen LogP contribution in [0.3, 0.4) is 0 Å². The van der Waals surface area contributed by atoms with Crippen molar-refractivity contribution in [2.75, 3.05) is 6.61 Å². The fourth-order valence-electron chi connectivity index (χ4n) is 1.80. The zero-order chi connectivity index (χ0) is 15.1. The first-order chi connectivity index (χ1) is 10.2. The fraction of sp³-hybridized carbons (Fsp3) is 0.188. The third-order valence-corrected chi connectivity index (χ3v) is 2.94. The van der Waals surface area contributed by atoms with E-state index in [1.165, 1.54) is 12.4 Å². The zero-order valence-electron chi connectivity index (χ0n) is 11.6. The topological polar surface area (TPSA) is 75.1 Å². The summed E-state index contributed by atoms with van der Waals surface area (Å²) in [7, 11) is 0. The smallest absolute Gasteiger partial charge is 0.252 e. The Morgan fingerprint density at radius 1 is 1.29 bits per heavy atom. The molecule has 2 heterocycles. The maximum Gasteiger partial charge on any atom is 0.252 e. The van der Waals surface area contributed by atoms with Crippen molar-refractivity contribution < 1.29 is 9.90 Å². The Balaban J connectivity index is 2.12. The number of aliphatic hydroxyl groups excluding tert-OH is 1. The number of nitrogens with zero attached hydrogens (tertiary/aromatic N) is 2. The van der Waals surface area contributed by atoms with Crippen LogP contribution in [0.5, 0.6) is 0 Å². The Labute approximate surface area is 123 Å². The highest BCUT2D eigenvalue weighted by atomic mass is 16.2. The van der Waals surface area contributed by atoms with Crippen LogP contribution in [-0.4, -0.2) is 27.6 Å². The summed E-state index contributed by atoms with van der Waals surface area (Å²) >= 11 is 0.